The molecule has 0 aliphatic carbocycles. The lowest BCUT2D eigenvalue weighted by Gasteiger charge is -2.19. The fourth-order valence-corrected chi connectivity index (χ4v) is 3.78. The molecule has 0 bridgehead atoms. The van der Waals surface area contributed by atoms with Crippen molar-refractivity contribution in [1.29, 1.82) is 0 Å². The Labute approximate surface area is 106 Å². The minimum atomic E-state index is 0.429. The summed E-state index contributed by atoms with van der Waals surface area (Å²) >= 11 is 1.98. The highest BCUT2D eigenvalue weighted by Gasteiger charge is 2.25. The van der Waals surface area contributed by atoms with E-state index in [4.69, 9.17) is 4.52 Å². The SMILES string of the molecule is C1CCC(c2noc([C@H]3CCCNC3)n2)SC1. The number of nitrogens with one attached hydrogen (secondary N) is 1. The summed E-state index contributed by atoms with van der Waals surface area (Å²) in [5, 5.41) is 8.04. The highest BCUT2D eigenvalue weighted by atomic mass is 32.2. The van der Waals surface area contributed by atoms with E-state index >= 15 is 0 Å². The molecule has 2 saturated heterocycles. The van der Waals surface area contributed by atoms with Gasteiger partial charge in [-0.15, -0.1) is 0 Å². The summed E-state index contributed by atoms with van der Waals surface area (Å²) in [5.41, 5.74) is 0. The first-order valence-electron chi connectivity index (χ1n) is 6.59. The van der Waals surface area contributed by atoms with Crippen molar-refractivity contribution in [3.8, 4) is 0 Å². The second-order valence-electron chi connectivity index (χ2n) is 4.89. The van der Waals surface area contributed by atoms with Gasteiger partial charge in [-0.05, 0) is 38.0 Å². The maximum Gasteiger partial charge on any atom is 0.231 e. The van der Waals surface area contributed by atoms with Crippen LogP contribution < -0.4 is 5.32 Å². The summed E-state index contributed by atoms with van der Waals surface area (Å²) in [6.45, 7) is 2.11. The fraction of sp³-hybridized carbons (Fsp3) is 0.833. The minimum Gasteiger partial charge on any atom is -0.339 e. The summed E-state index contributed by atoms with van der Waals surface area (Å²) in [4.78, 5) is 4.62. The number of thioether (sulfide) groups is 1. The van der Waals surface area contributed by atoms with Crippen LogP contribution in [0.25, 0.3) is 0 Å². The maximum absolute atomic E-state index is 5.44. The first-order chi connectivity index (χ1) is 8.43. The van der Waals surface area contributed by atoms with Crippen LogP contribution in [0.3, 0.4) is 0 Å². The number of hydrogen-bond acceptors (Lipinski definition) is 5. The number of piperidine rings is 1. The molecule has 5 heteroatoms. The summed E-state index contributed by atoms with van der Waals surface area (Å²) in [6, 6.07) is 0. The molecule has 2 atom stereocenters. The van der Waals surface area contributed by atoms with E-state index in [1.54, 1.807) is 0 Å². The molecule has 3 heterocycles. The van der Waals surface area contributed by atoms with Crippen LogP contribution in [-0.4, -0.2) is 29.0 Å². The molecule has 0 spiro atoms. The van der Waals surface area contributed by atoms with Gasteiger partial charge in [0.2, 0.25) is 5.89 Å². The molecule has 1 aromatic rings. The van der Waals surface area contributed by atoms with Gasteiger partial charge >= 0.3 is 0 Å². The van der Waals surface area contributed by atoms with Crippen LogP contribution in [0.4, 0.5) is 0 Å². The normalized spacial score (nSPS) is 30.4. The quantitative estimate of drug-likeness (QED) is 0.877. The average molecular weight is 253 g/mol. The number of hydrogen-bond donors (Lipinski definition) is 1. The third kappa shape index (κ3) is 2.65. The van der Waals surface area contributed by atoms with Crippen LogP contribution in [0.15, 0.2) is 4.52 Å². The van der Waals surface area contributed by atoms with Crippen LogP contribution >= 0.6 is 11.8 Å². The lowest BCUT2D eigenvalue weighted by Crippen LogP contribution is -2.28. The van der Waals surface area contributed by atoms with Gasteiger partial charge < -0.3 is 9.84 Å². The first kappa shape index (κ1) is 11.5. The largest absolute Gasteiger partial charge is 0.339 e. The summed E-state index contributed by atoms with van der Waals surface area (Å²) < 4.78 is 5.44. The molecule has 0 saturated carbocycles. The molecule has 1 N–H and O–H groups in total. The minimum absolute atomic E-state index is 0.429. The Hall–Kier alpha value is -0.550. The van der Waals surface area contributed by atoms with E-state index in [1.165, 1.54) is 37.9 Å². The predicted molar refractivity (Wildman–Crippen MR) is 68.2 cm³/mol. The second-order valence-corrected chi connectivity index (χ2v) is 6.20. The van der Waals surface area contributed by atoms with Crippen molar-refractivity contribution in [2.45, 2.75) is 43.3 Å². The van der Waals surface area contributed by atoms with Gasteiger partial charge in [-0.1, -0.05) is 11.6 Å². The molecular weight excluding hydrogens is 234 g/mol. The predicted octanol–water partition coefficient (Wildman–Crippen LogP) is 2.49. The van der Waals surface area contributed by atoms with E-state index in [1.807, 2.05) is 11.8 Å². The Morgan fingerprint density at radius 1 is 1.24 bits per heavy atom. The van der Waals surface area contributed by atoms with Crippen LogP contribution in [0, 0.1) is 0 Å². The van der Waals surface area contributed by atoms with Crippen molar-refractivity contribution < 1.29 is 4.52 Å². The number of nitrogens with zero attached hydrogens (tertiary/aromatic N) is 2. The van der Waals surface area contributed by atoms with Crippen molar-refractivity contribution in [3.63, 3.8) is 0 Å². The van der Waals surface area contributed by atoms with Crippen molar-refractivity contribution >= 4 is 11.8 Å². The third-order valence-electron chi connectivity index (χ3n) is 3.57. The van der Waals surface area contributed by atoms with Crippen molar-refractivity contribution in [1.82, 2.24) is 15.5 Å². The van der Waals surface area contributed by atoms with E-state index in [0.29, 0.717) is 11.2 Å². The molecule has 0 amide bonds. The van der Waals surface area contributed by atoms with E-state index in [0.717, 1.165) is 24.8 Å². The zero-order chi connectivity index (χ0) is 11.5. The van der Waals surface area contributed by atoms with Gasteiger partial charge in [0.25, 0.3) is 0 Å². The van der Waals surface area contributed by atoms with Gasteiger partial charge in [0.15, 0.2) is 5.82 Å². The highest BCUT2D eigenvalue weighted by molar-refractivity contribution is 7.99. The highest BCUT2D eigenvalue weighted by Crippen LogP contribution is 2.37. The molecule has 17 heavy (non-hydrogen) atoms. The van der Waals surface area contributed by atoms with Gasteiger partial charge in [0.05, 0.1) is 11.2 Å². The van der Waals surface area contributed by atoms with Crippen LogP contribution in [0.5, 0.6) is 0 Å². The topological polar surface area (TPSA) is 51.0 Å². The summed E-state index contributed by atoms with van der Waals surface area (Å²) in [7, 11) is 0. The number of rotatable bonds is 2. The molecule has 2 fully saturated rings. The summed E-state index contributed by atoms with van der Waals surface area (Å²) in [5.74, 6) is 3.44. The van der Waals surface area contributed by atoms with E-state index in [9.17, 15) is 0 Å². The molecule has 4 nitrogen and oxygen atoms in total. The Kier molecular flexibility index (Phi) is 3.66. The molecule has 3 rings (SSSR count). The van der Waals surface area contributed by atoms with Gasteiger partial charge in [-0.2, -0.15) is 16.7 Å². The van der Waals surface area contributed by atoms with E-state index in [2.05, 4.69) is 15.5 Å². The number of aromatic nitrogens is 2. The maximum atomic E-state index is 5.44. The molecule has 0 aromatic carbocycles. The monoisotopic (exact) mass is 253 g/mol. The van der Waals surface area contributed by atoms with Crippen LogP contribution in [-0.2, 0) is 0 Å². The Balaban J connectivity index is 1.68. The average Bonchev–Trinajstić information content (AvgIpc) is 2.90. The molecule has 94 valence electrons. The Morgan fingerprint density at radius 2 is 2.24 bits per heavy atom. The fourth-order valence-electron chi connectivity index (χ4n) is 2.55. The summed E-state index contributed by atoms with van der Waals surface area (Å²) in [6.07, 6.45) is 6.21. The molecule has 1 aromatic heterocycles. The Bertz CT molecular complexity index is 324. The zero-order valence-electron chi connectivity index (χ0n) is 10.0. The molecule has 0 radical (unpaired) electrons. The van der Waals surface area contributed by atoms with Crippen LogP contribution in [0.2, 0.25) is 0 Å². The van der Waals surface area contributed by atoms with Crippen molar-refractivity contribution in [2.24, 2.45) is 0 Å². The lowest BCUT2D eigenvalue weighted by atomic mass is 10.00. The van der Waals surface area contributed by atoms with Gasteiger partial charge in [0.1, 0.15) is 0 Å². The Morgan fingerprint density at radius 3 is 3.00 bits per heavy atom. The molecule has 2 aliphatic heterocycles. The smallest absolute Gasteiger partial charge is 0.231 e. The lowest BCUT2D eigenvalue weighted by molar-refractivity contribution is 0.319. The van der Waals surface area contributed by atoms with E-state index < -0.39 is 0 Å². The van der Waals surface area contributed by atoms with Gasteiger partial charge in [-0.25, -0.2) is 0 Å². The van der Waals surface area contributed by atoms with E-state index in [-0.39, 0.29) is 0 Å². The van der Waals surface area contributed by atoms with Crippen molar-refractivity contribution in [2.75, 3.05) is 18.8 Å². The molecular formula is C12H19N3OS. The molecule has 2 aliphatic rings. The van der Waals surface area contributed by atoms with Crippen LogP contribution in [0.1, 0.15) is 55.0 Å². The third-order valence-corrected chi connectivity index (χ3v) is 4.94. The second kappa shape index (κ2) is 5.40. The van der Waals surface area contributed by atoms with Gasteiger partial charge in [0, 0.05) is 6.54 Å². The van der Waals surface area contributed by atoms with Gasteiger partial charge in [-0.3, -0.25) is 0 Å². The van der Waals surface area contributed by atoms with Crippen molar-refractivity contribution in [3.05, 3.63) is 11.7 Å². The zero-order valence-corrected chi connectivity index (χ0v) is 10.8. The first-order valence-corrected chi connectivity index (χ1v) is 7.64. The molecule has 1 unspecified atom stereocenters. The standard InChI is InChI=1S/C12H19N3OS/c1-2-7-17-10(5-1)11-14-12(16-15-11)9-4-3-6-13-8-9/h9-10,13H,1-8H2/t9-,10?/m0/s1.